The minimum atomic E-state index is -1.26. The molecule has 230 valence electrons. The number of carbonyl (C=O) groups excluding carboxylic acids is 1. The van der Waals surface area contributed by atoms with Crippen molar-refractivity contribution < 1.29 is 19.2 Å². The zero-order valence-electron chi connectivity index (χ0n) is 25.9. The summed E-state index contributed by atoms with van der Waals surface area (Å²) >= 11 is 0. The van der Waals surface area contributed by atoms with E-state index in [0.717, 1.165) is 37.1 Å². The van der Waals surface area contributed by atoms with Crippen LogP contribution < -0.4 is 0 Å². The Balaban J connectivity index is 1.17. The Morgan fingerprint density at radius 1 is 1.07 bits per heavy atom. The van der Waals surface area contributed by atoms with Gasteiger partial charge in [-0.1, -0.05) is 80.5 Å². The van der Waals surface area contributed by atoms with Crippen molar-refractivity contribution >= 4 is 6.09 Å². The van der Waals surface area contributed by atoms with Crippen LogP contribution in [0.3, 0.4) is 0 Å². The Labute approximate surface area is 258 Å². The van der Waals surface area contributed by atoms with Gasteiger partial charge in [0.05, 0.1) is 5.56 Å². The van der Waals surface area contributed by atoms with Gasteiger partial charge in [-0.05, 0) is 48.6 Å². The van der Waals surface area contributed by atoms with E-state index in [1.807, 2.05) is 48.5 Å². The molecule has 0 aliphatic carbocycles. The van der Waals surface area contributed by atoms with Gasteiger partial charge in [0.15, 0.2) is 5.82 Å². The van der Waals surface area contributed by atoms with Crippen molar-refractivity contribution in [1.82, 2.24) is 24.9 Å². The van der Waals surface area contributed by atoms with Gasteiger partial charge in [0, 0.05) is 55.5 Å². The second-order valence-electron chi connectivity index (χ2n) is 12.9. The zero-order valence-corrected chi connectivity index (χ0v) is 25.9. The summed E-state index contributed by atoms with van der Waals surface area (Å²) < 4.78 is 11.2. The van der Waals surface area contributed by atoms with E-state index in [1.165, 1.54) is 5.56 Å². The van der Waals surface area contributed by atoms with E-state index in [4.69, 9.17) is 14.2 Å². The molecule has 2 aliphatic heterocycles. The van der Waals surface area contributed by atoms with Crippen LogP contribution in [-0.2, 0) is 16.9 Å². The van der Waals surface area contributed by atoms with Crippen LogP contribution in [0.5, 0.6) is 0 Å². The van der Waals surface area contributed by atoms with Crippen LogP contribution in [0, 0.1) is 5.41 Å². The molecule has 4 heterocycles. The molecule has 2 fully saturated rings. The molecule has 9 heteroatoms. The standard InChI is InChI=1S/C35H41N5O4/c1-24(2)26-10-12-29(13-11-26)35(42,34(3)22-39(4)23-34)30-18-28(19-36-20-30)32-37-31(38-44-32)27-14-16-40(17-15-27)33(41)43-21-25-8-6-5-7-9-25/h5-13,18-20,24,27,42H,14-17,21-23H2,1-4H3/t35-/m0/s1. The second-order valence-corrected chi connectivity index (χ2v) is 12.9. The maximum Gasteiger partial charge on any atom is 0.410 e. The van der Waals surface area contributed by atoms with Crippen LogP contribution in [0.15, 0.2) is 77.6 Å². The van der Waals surface area contributed by atoms with E-state index in [2.05, 4.69) is 55.0 Å². The third kappa shape index (κ3) is 5.74. The average Bonchev–Trinajstić information content (AvgIpc) is 3.54. The largest absolute Gasteiger partial charge is 0.445 e. The maximum atomic E-state index is 12.6. The van der Waals surface area contributed by atoms with Gasteiger partial charge in [0.25, 0.3) is 5.89 Å². The maximum absolute atomic E-state index is 12.6. The third-order valence-corrected chi connectivity index (χ3v) is 9.27. The first-order valence-electron chi connectivity index (χ1n) is 15.4. The molecule has 2 aromatic carbocycles. The molecule has 1 atom stereocenters. The first-order valence-corrected chi connectivity index (χ1v) is 15.4. The van der Waals surface area contributed by atoms with Gasteiger partial charge < -0.3 is 24.2 Å². The fraction of sp³-hybridized carbons (Fsp3) is 0.429. The fourth-order valence-corrected chi connectivity index (χ4v) is 6.75. The molecule has 1 N–H and O–H groups in total. The first-order chi connectivity index (χ1) is 21.2. The number of aromatic nitrogens is 3. The Morgan fingerprint density at radius 3 is 2.43 bits per heavy atom. The topological polar surface area (TPSA) is 105 Å². The van der Waals surface area contributed by atoms with Crippen molar-refractivity contribution in [1.29, 1.82) is 0 Å². The van der Waals surface area contributed by atoms with Crippen LogP contribution in [0.2, 0.25) is 0 Å². The first kappa shape index (κ1) is 30.0. The number of piperidine rings is 1. The van der Waals surface area contributed by atoms with Gasteiger partial charge in [0.2, 0.25) is 0 Å². The molecule has 0 spiro atoms. The number of hydrogen-bond acceptors (Lipinski definition) is 8. The van der Waals surface area contributed by atoms with E-state index >= 15 is 0 Å². The van der Waals surface area contributed by atoms with E-state index in [0.29, 0.717) is 41.8 Å². The van der Waals surface area contributed by atoms with Crippen LogP contribution >= 0.6 is 0 Å². The van der Waals surface area contributed by atoms with Gasteiger partial charge in [-0.15, -0.1) is 0 Å². The van der Waals surface area contributed by atoms with Crippen molar-refractivity contribution in [2.45, 2.75) is 57.7 Å². The number of amides is 1. The Hall–Kier alpha value is -4.08. The monoisotopic (exact) mass is 595 g/mol. The van der Waals surface area contributed by atoms with Crippen LogP contribution in [0.4, 0.5) is 4.79 Å². The molecule has 6 rings (SSSR count). The molecule has 2 aromatic heterocycles. The minimum absolute atomic E-state index is 0.0719. The van der Waals surface area contributed by atoms with Gasteiger partial charge >= 0.3 is 6.09 Å². The van der Waals surface area contributed by atoms with Crippen LogP contribution in [0.1, 0.15) is 73.5 Å². The van der Waals surface area contributed by atoms with Crippen LogP contribution in [0.25, 0.3) is 11.5 Å². The fourth-order valence-electron chi connectivity index (χ4n) is 6.75. The number of rotatable bonds is 8. The van der Waals surface area contributed by atoms with E-state index in [9.17, 15) is 9.90 Å². The number of carbonyl (C=O) groups is 1. The number of benzene rings is 2. The van der Waals surface area contributed by atoms with Gasteiger partial charge in [-0.25, -0.2) is 4.79 Å². The Morgan fingerprint density at radius 2 is 1.77 bits per heavy atom. The molecule has 0 radical (unpaired) electrons. The van der Waals surface area contributed by atoms with Gasteiger partial charge in [0.1, 0.15) is 12.2 Å². The van der Waals surface area contributed by atoms with Gasteiger partial charge in [-0.2, -0.15) is 4.98 Å². The van der Waals surface area contributed by atoms with Crippen molar-refractivity contribution in [3.05, 3.63) is 101 Å². The molecule has 0 bridgehead atoms. The molecule has 1 amide bonds. The second kappa shape index (κ2) is 12.1. The lowest BCUT2D eigenvalue weighted by molar-refractivity contribution is -0.127. The molecular formula is C35H41N5O4. The summed E-state index contributed by atoms with van der Waals surface area (Å²) in [6, 6.07) is 19.9. The van der Waals surface area contributed by atoms with Gasteiger partial charge in [-0.3, -0.25) is 4.98 Å². The molecular weight excluding hydrogens is 554 g/mol. The summed E-state index contributed by atoms with van der Waals surface area (Å²) in [6.45, 7) is 9.36. The number of aliphatic hydroxyl groups is 1. The SMILES string of the molecule is CC(C)c1ccc([C@](O)(c2cncc(-c3nc(C4CCN(C(=O)OCc5ccccc5)CC4)no3)c2)C2(C)CN(C)C2)cc1. The van der Waals surface area contributed by atoms with Crippen molar-refractivity contribution in [2.75, 3.05) is 33.2 Å². The predicted octanol–water partition coefficient (Wildman–Crippen LogP) is 5.96. The summed E-state index contributed by atoms with van der Waals surface area (Å²) in [4.78, 5) is 25.8. The number of ether oxygens (including phenoxy) is 1. The predicted molar refractivity (Wildman–Crippen MR) is 167 cm³/mol. The number of hydrogen-bond donors (Lipinski definition) is 1. The molecule has 2 aliphatic rings. The van der Waals surface area contributed by atoms with Crippen molar-refractivity contribution in [2.24, 2.45) is 5.41 Å². The normalized spacial score (nSPS) is 18.5. The summed E-state index contributed by atoms with van der Waals surface area (Å²) in [7, 11) is 2.07. The molecule has 0 saturated carbocycles. The number of nitrogens with zero attached hydrogens (tertiary/aromatic N) is 5. The van der Waals surface area contributed by atoms with Crippen molar-refractivity contribution in [3.8, 4) is 11.5 Å². The molecule has 0 unspecified atom stereocenters. The highest BCUT2D eigenvalue weighted by atomic mass is 16.6. The Bertz CT molecular complexity index is 1570. The molecule has 9 nitrogen and oxygen atoms in total. The van der Waals surface area contributed by atoms with E-state index in [-0.39, 0.29) is 18.6 Å². The smallest absolute Gasteiger partial charge is 0.410 e. The lowest BCUT2D eigenvalue weighted by atomic mass is 9.62. The Kier molecular flexibility index (Phi) is 8.26. The lowest BCUT2D eigenvalue weighted by Crippen LogP contribution is -2.63. The minimum Gasteiger partial charge on any atom is -0.445 e. The highest BCUT2D eigenvalue weighted by Crippen LogP contribution is 2.50. The summed E-state index contributed by atoms with van der Waals surface area (Å²) in [6.07, 6.45) is 4.57. The van der Waals surface area contributed by atoms with E-state index < -0.39 is 11.0 Å². The summed E-state index contributed by atoms with van der Waals surface area (Å²) in [5.41, 5.74) is 2.73. The zero-order chi connectivity index (χ0) is 30.9. The van der Waals surface area contributed by atoms with Crippen molar-refractivity contribution in [3.63, 3.8) is 0 Å². The highest BCUT2D eigenvalue weighted by molar-refractivity contribution is 5.67. The molecule has 44 heavy (non-hydrogen) atoms. The number of pyridine rings is 1. The summed E-state index contributed by atoms with van der Waals surface area (Å²) in [5, 5.41) is 16.9. The molecule has 2 saturated heterocycles. The highest BCUT2D eigenvalue weighted by Gasteiger charge is 2.55. The van der Waals surface area contributed by atoms with E-state index in [1.54, 1.807) is 17.3 Å². The quantitative estimate of drug-likeness (QED) is 0.266. The lowest BCUT2D eigenvalue weighted by Gasteiger charge is -2.55. The number of likely N-dealkylation sites (tertiary alicyclic amines) is 2. The average molecular weight is 596 g/mol. The van der Waals surface area contributed by atoms with Crippen LogP contribution in [-0.4, -0.2) is 69.4 Å². The third-order valence-electron chi connectivity index (χ3n) is 9.27. The summed E-state index contributed by atoms with van der Waals surface area (Å²) in [5.74, 6) is 1.46. The molecule has 4 aromatic rings.